The van der Waals surface area contributed by atoms with Crippen molar-refractivity contribution in [3.8, 4) is 0 Å². The highest BCUT2D eigenvalue weighted by atomic mass is 32.2. The number of amides is 1. The van der Waals surface area contributed by atoms with Crippen molar-refractivity contribution in [2.75, 3.05) is 25.2 Å². The van der Waals surface area contributed by atoms with Gasteiger partial charge in [-0.3, -0.25) is 9.59 Å². The minimum Gasteiger partial charge on any atom is -0.456 e. The molecule has 6 nitrogen and oxygen atoms in total. The van der Waals surface area contributed by atoms with E-state index < -0.39 is 5.97 Å². The zero-order valence-corrected chi connectivity index (χ0v) is 18.9. The van der Waals surface area contributed by atoms with Gasteiger partial charge in [0.25, 0.3) is 5.91 Å². The molecule has 1 amide bonds. The minimum absolute atomic E-state index is 0.195. The van der Waals surface area contributed by atoms with Crippen molar-refractivity contribution in [2.24, 2.45) is 0 Å². The lowest BCUT2D eigenvalue weighted by atomic mass is 10.1. The molecule has 0 atom stereocenters. The molecule has 0 aliphatic heterocycles. The number of aromatic nitrogens is 2. The normalized spacial score (nSPS) is 10.6. The van der Waals surface area contributed by atoms with Crippen molar-refractivity contribution < 1.29 is 14.3 Å². The topological polar surface area (TPSA) is 81.2 Å². The third kappa shape index (κ3) is 8.06. The van der Waals surface area contributed by atoms with Crippen LogP contribution in [-0.2, 0) is 20.7 Å². The van der Waals surface area contributed by atoms with Gasteiger partial charge in [0.15, 0.2) is 11.8 Å². The lowest BCUT2D eigenvalue weighted by Crippen LogP contribution is -2.30. The number of rotatable bonds is 10. The first-order valence-electron chi connectivity index (χ1n) is 9.39. The van der Waals surface area contributed by atoms with E-state index >= 15 is 0 Å². The van der Waals surface area contributed by atoms with Crippen LogP contribution in [0.4, 0.5) is 0 Å². The van der Waals surface area contributed by atoms with Crippen molar-refractivity contribution in [3.63, 3.8) is 0 Å². The standard InChI is InChI=1S/C21H27N3O3S2/c1-14-5-7-17(8-6-14)29-12-11-22-19(25)13-27-20(26)10-9-18-15(2)23-21(28-4)24-16(18)3/h5-8H,9-13H2,1-4H3,(H,22,25). The molecule has 1 N–H and O–H groups in total. The number of nitrogens with zero attached hydrogens (tertiary/aromatic N) is 2. The number of nitrogens with one attached hydrogen (secondary N) is 1. The van der Waals surface area contributed by atoms with E-state index in [2.05, 4.69) is 39.6 Å². The molecule has 156 valence electrons. The van der Waals surface area contributed by atoms with Gasteiger partial charge < -0.3 is 10.1 Å². The van der Waals surface area contributed by atoms with Crippen molar-refractivity contribution in [3.05, 3.63) is 46.8 Å². The van der Waals surface area contributed by atoms with E-state index in [1.165, 1.54) is 17.3 Å². The molecule has 0 spiro atoms. The van der Waals surface area contributed by atoms with Gasteiger partial charge in [0.2, 0.25) is 0 Å². The minimum atomic E-state index is -0.401. The monoisotopic (exact) mass is 433 g/mol. The second-order valence-electron chi connectivity index (χ2n) is 6.53. The Kier molecular flexibility index (Phi) is 9.47. The highest BCUT2D eigenvalue weighted by Crippen LogP contribution is 2.18. The summed E-state index contributed by atoms with van der Waals surface area (Å²) in [5, 5.41) is 3.49. The lowest BCUT2D eigenvalue weighted by molar-refractivity contribution is -0.148. The summed E-state index contributed by atoms with van der Waals surface area (Å²) in [6.45, 7) is 6.14. The van der Waals surface area contributed by atoms with Gasteiger partial charge in [-0.05, 0) is 51.1 Å². The summed E-state index contributed by atoms with van der Waals surface area (Å²) >= 11 is 3.16. The van der Waals surface area contributed by atoms with Crippen LogP contribution in [0.15, 0.2) is 34.3 Å². The summed E-state index contributed by atoms with van der Waals surface area (Å²) in [6, 6.07) is 8.25. The molecule has 2 aromatic rings. The van der Waals surface area contributed by atoms with Crippen LogP contribution in [0.3, 0.4) is 0 Å². The molecule has 1 aromatic carbocycles. The fourth-order valence-corrected chi connectivity index (χ4v) is 3.88. The third-order valence-electron chi connectivity index (χ3n) is 4.24. The molecule has 0 aliphatic rings. The quantitative estimate of drug-likeness (QED) is 0.266. The molecule has 0 aliphatic carbocycles. The van der Waals surface area contributed by atoms with Crippen LogP contribution in [0.1, 0.15) is 28.9 Å². The molecule has 1 heterocycles. The number of esters is 1. The second-order valence-corrected chi connectivity index (χ2v) is 8.47. The summed E-state index contributed by atoms with van der Waals surface area (Å²) in [7, 11) is 0. The average Bonchev–Trinajstić information content (AvgIpc) is 2.70. The Hall–Kier alpha value is -2.06. The largest absolute Gasteiger partial charge is 0.456 e. The van der Waals surface area contributed by atoms with Crippen molar-refractivity contribution >= 4 is 35.4 Å². The van der Waals surface area contributed by atoms with Gasteiger partial charge in [-0.1, -0.05) is 29.5 Å². The van der Waals surface area contributed by atoms with E-state index in [1.807, 2.05) is 27.0 Å². The van der Waals surface area contributed by atoms with Gasteiger partial charge in [-0.2, -0.15) is 0 Å². The fourth-order valence-electron chi connectivity index (χ4n) is 2.65. The summed E-state index contributed by atoms with van der Waals surface area (Å²) < 4.78 is 5.08. The van der Waals surface area contributed by atoms with Gasteiger partial charge >= 0.3 is 5.97 Å². The Morgan fingerprint density at radius 3 is 2.34 bits per heavy atom. The zero-order chi connectivity index (χ0) is 21.2. The molecule has 0 bridgehead atoms. The smallest absolute Gasteiger partial charge is 0.306 e. The average molecular weight is 434 g/mol. The Morgan fingerprint density at radius 1 is 1.07 bits per heavy atom. The van der Waals surface area contributed by atoms with Crippen LogP contribution in [0, 0.1) is 20.8 Å². The molecule has 0 radical (unpaired) electrons. The molecule has 1 aromatic heterocycles. The second kappa shape index (κ2) is 11.8. The molecule has 0 saturated heterocycles. The van der Waals surface area contributed by atoms with E-state index in [9.17, 15) is 9.59 Å². The van der Waals surface area contributed by atoms with Crippen molar-refractivity contribution in [1.82, 2.24) is 15.3 Å². The summed E-state index contributed by atoms with van der Waals surface area (Å²) in [5.74, 6) is 0.0673. The number of benzene rings is 1. The Labute approximate surface area is 180 Å². The number of hydrogen-bond donors (Lipinski definition) is 1. The molecule has 8 heteroatoms. The summed E-state index contributed by atoms with van der Waals surface area (Å²) in [4.78, 5) is 33.8. The molecular weight excluding hydrogens is 406 g/mol. The first-order valence-corrected chi connectivity index (χ1v) is 11.6. The van der Waals surface area contributed by atoms with E-state index in [4.69, 9.17) is 4.74 Å². The number of carbonyl (C=O) groups is 2. The van der Waals surface area contributed by atoms with Crippen molar-refractivity contribution in [1.29, 1.82) is 0 Å². The highest BCUT2D eigenvalue weighted by Gasteiger charge is 2.12. The molecule has 2 rings (SSSR count). The van der Waals surface area contributed by atoms with Crippen molar-refractivity contribution in [2.45, 2.75) is 43.7 Å². The van der Waals surface area contributed by atoms with Crippen LogP contribution in [0.2, 0.25) is 0 Å². The van der Waals surface area contributed by atoms with E-state index in [1.54, 1.807) is 11.8 Å². The van der Waals surface area contributed by atoms with E-state index in [-0.39, 0.29) is 18.9 Å². The predicted molar refractivity (Wildman–Crippen MR) is 117 cm³/mol. The van der Waals surface area contributed by atoms with Crippen LogP contribution >= 0.6 is 23.5 Å². The molecule has 0 saturated carbocycles. The maximum absolute atomic E-state index is 12.0. The van der Waals surface area contributed by atoms with Crippen LogP contribution < -0.4 is 5.32 Å². The predicted octanol–water partition coefficient (Wildman–Crippen LogP) is 3.51. The van der Waals surface area contributed by atoms with E-state index in [0.717, 1.165) is 32.8 Å². The maximum atomic E-state index is 12.0. The first-order chi connectivity index (χ1) is 13.9. The zero-order valence-electron chi connectivity index (χ0n) is 17.3. The summed E-state index contributed by atoms with van der Waals surface area (Å²) in [6.07, 6.45) is 2.62. The number of thioether (sulfide) groups is 2. The van der Waals surface area contributed by atoms with E-state index in [0.29, 0.717) is 13.0 Å². The number of hydrogen-bond acceptors (Lipinski definition) is 7. The first kappa shape index (κ1) is 23.2. The molecule has 0 fully saturated rings. The van der Waals surface area contributed by atoms with Crippen LogP contribution in [0.25, 0.3) is 0 Å². The Morgan fingerprint density at radius 2 is 1.72 bits per heavy atom. The third-order valence-corrected chi connectivity index (χ3v) is 5.80. The maximum Gasteiger partial charge on any atom is 0.306 e. The summed E-state index contributed by atoms with van der Waals surface area (Å²) in [5.41, 5.74) is 3.92. The van der Waals surface area contributed by atoms with Gasteiger partial charge in [0.1, 0.15) is 0 Å². The lowest BCUT2D eigenvalue weighted by Gasteiger charge is -2.10. The number of carbonyl (C=O) groups excluding carboxylic acids is 2. The van der Waals surface area contributed by atoms with Gasteiger partial charge in [0.05, 0.1) is 0 Å². The Bertz CT molecular complexity index is 819. The highest BCUT2D eigenvalue weighted by molar-refractivity contribution is 7.99. The van der Waals surface area contributed by atoms with Gasteiger partial charge in [-0.15, -0.1) is 11.8 Å². The van der Waals surface area contributed by atoms with Gasteiger partial charge in [-0.25, -0.2) is 9.97 Å². The Balaban J connectivity index is 1.64. The molecular formula is C21H27N3O3S2. The van der Waals surface area contributed by atoms with Gasteiger partial charge in [0, 0.05) is 35.0 Å². The fraction of sp³-hybridized carbons (Fsp3) is 0.429. The van der Waals surface area contributed by atoms with Crippen LogP contribution in [0.5, 0.6) is 0 Å². The SMILES string of the molecule is CSc1nc(C)c(CCC(=O)OCC(=O)NCCSc2ccc(C)cc2)c(C)n1. The number of aryl methyl sites for hydroxylation is 3. The number of ether oxygens (including phenoxy) is 1. The molecule has 0 unspecified atom stereocenters. The molecule has 29 heavy (non-hydrogen) atoms. The van der Waals surface area contributed by atoms with Crippen LogP contribution in [-0.4, -0.2) is 47.0 Å².